The van der Waals surface area contributed by atoms with Crippen molar-refractivity contribution in [1.29, 1.82) is 0 Å². The maximum absolute atomic E-state index is 5.25. The molecule has 3 nitrogen and oxygen atoms in total. The van der Waals surface area contributed by atoms with Gasteiger partial charge in [-0.3, -0.25) is 0 Å². The first kappa shape index (κ1) is 16.6. The molecule has 0 saturated carbocycles. The molecule has 1 aliphatic heterocycles. The predicted molar refractivity (Wildman–Crippen MR) is 84.8 cm³/mol. The van der Waals surface area contributed by atoms with Crippen molar-refractivity contribution in [2.45, 2.75) is 40.2 Å². The summed E-state index contributed by atoms with van der Waals surface area (Å²) >= 11 is 0. The summed E-state index contributed by atoms with van der Waals surface area (Å²) < 4.78 is 0. The zero-order chi connectivity index (χ0) is 12.4. The van der Waals surface area contributed by atoms with E-state index in [-0.39, 0.29) is 29.5 Å². The lowest BCUT2D eigenvalue weighted by Crippen LogP contribution is -2.72. The Morgan fingerprint density at radius 1 is 1.41 bits per heavy atom. The van der Waals surface area contributed by atoms with Gasteiger partial charge in [-0.1, -0.05) is 19.8 Å². The number of hydrogen-bond acceptors (Lipinski definition) is 1. The van der Waals surface area contributed by atoms with Gasteiger partial charge < -0.3 is 10.2 Å². The number of nitrogens with zero attached hydrogens (tertiary/aromatic N) is 2. The number of terminal acetylenes is 1. The van der Waals surface area contributed by atoms with Crippen LogP contribution in [-0.4, -0.2) is 36.0 Å². The minimum atomic E-state index is 0. The average Bonchev–Trinajstić information content (AvgIpc) is 2.21. The summed E-state index contributed by atoms with van der Waals surface area (Å²) in [4.78, 5) is 6.71. The SMILES string of the molecule is C#CCN=C(NCC)N1CC(C)(C)C1(C)C.I. The van der Waals surface area contributed by atoms with Crippen LogP contribution in [0.4, 0.5) is 0 Å². The maximum atomic E-state index is 5.25. The van der Waals surface area contributed by atoms with E-state index in [0.717, 1.165) is 19.0 Å². The molecule has 4 heteroatoms. The van der Waals surface area contributed by atoms with Crippen LogP contribution in [0.15, 0.2) is 4.99 Å². The normalized spacial score (nSPS) is 20.9. The highest BCUT2D eigenvalue weighted by Gasteiger charge is 2.53. The summed E-state index contributed by atoms with van der Waals surface area (Å²) in [6.07, 6.45) is 5.25. The Balaban J connectivity index is 0.00000256. The first-order chi connectivity index (χ1) is 7.36. The lowest BCUT2D eigenvalue weighted by atomic mass is 9.65. The third-order valence-electron chi connectivity index (χ3n) is 3.80. The minimum Gasteiger partial charge on any atom is -0.356 e. The van der Waals surface area contributed by atoms with Crippen molar-refractivity contribution < 1.29 is 0 Å². The van der Waals surface area contributed by atoms with Crippen LogP contribution >= 0.6 is 24.0 Å². The summed E-state index contributed by atoms with van der Waals surface area (Å²) in [5.41, 5.74) is 0.446. The fourth-order valence-corrected chi connectivity index (χ4v) is 1.92. The van der Waals surface area contributed by atoms with E-state index in [9.17, 15) is 0 Å². The second-order valence-electron chi connectivity index (χ2n) is 5.40. The molecule has 0 spiro atoms. The van der Waals surface area contributed by atoms with Crippen LogP contribution in [0.3, 0.4) is 0 Å². The lowest BCUT2D eigenvalue weighted by molar-refractivity contribution is -0.0667. The highest BCUT2D eigenvalue weighted by molar-refractivity contribution is 14.0. The van der Waals surface area contributed by atoms with E-state index in [1.807, 2.05) is 0 Å². The van der Waals surface area contributed by atoms with Crippen LogP contribution < -0.4 is 5.32 Å². The van der Waals surface area contributed by atoms with Crippen molar-refractivity contribution in [2.24, 2.45) is 10.4 Å². The molecule has 0 radical (unpaired) electrons. The number of rotatable bonds is 2. The summed E-state index contributed by atoms with van der Waals surface area (Å²) in [5.74, 6) is 3.49. The third kappa shape index (κ3) is 3.06. The standard InChI is InChI=1S/C13H23N3.HI/c1-7-9-15-11(14-8-2)16-10-12(3,4)13(16,5)6;/h1H,8-10H2,2-6H3,(H,14,15);1H. The van der Waals surface area contributed by atoms with Crippen molar-refractivity contribution in [2.75, 3.05) is 19.6 Å². The molecule has 98 valence electrons. The van der Waals surface area contributed by atoms with E-state index in [1.165, 1.54) is 0 Å². The monoisotopic (exact) mass is 349 g/mol. The van der Waals surface area contributed by atoms with Gasteiger partial charge in [0.2, 0.25) is 0 Å². The Kier molecular flexibility index (Phi) is 5.79. The van der Waals surface area contributed by atoms with Gasteiger partial charge in [0, 0.05) is 24.0 Å². The van der Waals surface area contributed by atoms with Gasteiger partial charge in [0.25, 0.3) is 0 Å². The Bertz CT molecular complexity index is 326. The van der Waals surface area contributed by atoms with Crippen molar-refractivity contribution >= 4 is 29.9 Å². The van der Waals surface area contributed by atoms with Gasteiger partial charge in [0.15, 0.2) is 5.96 Å². The number of nitrogens with one attached hydrogen (secondary N) is 1. The van der Waals surface area contributed by atoms with E-state index in [2.05, 4.69) is 55.7 Å². The predicted octanol–water partition coefficient (Wildman–Crippen LogP) is 2.32. The van der Waals surface area contributed by atoms with E-state index in [4.69, 9.17) is 6.42 Å². The fourth-order valence-electron chi connectivity index (χ4n) is 1.92. The molecule has 0 unspecified atom stereocenters. The van der Waals surface area contributed by atoms with Crippen LogP contribution in [0.2, 0.25) is 0 Å². The molecule has 0 aromatic carbocycles. The van der Waals surface area contributed by atoms with Crippen LogP contribution in [0.1, 0.15) is 34.6 Å². The first-order valence-corrected chi connectivity index (χ1v) is 5.86. The number of guanidine groups is 1. The van der Waals surface area contributed by atoms with E-state index in [0.29, 0.717) is 12.0 Å². The van der Waals surface area contributed by atoms with E-state index < -0.39 is 0 Å². The molecule has 1 fully saturated rings. The van der Waals surface area contributed by atoms with E-state index >= 15 is 0 Å². The largest absolute Gasteiger partial charge is 0.356 e. The van der Waals surface area contributed by atoms with Crippen LogP contribution in [0, 0.1) is 17.8 Å². The Hall–Kier alpha value is -0.440. The number of hydrogen-bond donors (Lipinski definition) is 1. The van der Waals surface area contributed by atoms with Crippen LogP contribution in [0.5, 0.6) is 0 Å². The topological polar surface area (TPSA) is 27.6 Å². The summed E-state index contributed by atoms with van der Waals surface area (Å²) in [5, 5.41) is 3.29. The highest BCUT2D eigenvalue weighted by atomic mass is 127. The molecule has 0 aromatic heterocycles. The number of halogens is 1. The molecule has 1 saturated heterocycles. The molecule has 0 aromatic rings. The average molecular weight is 349 g/mol. The van der Waals surface area contributed by atoms with Gasteiger partial charge in [-0.25, -0.2) is 4.99 Å². The first-order valence-electron chi connectivity index (χ1n) is 5.86. The molecule has 0 aliphatic carbocycles. The Labute approximate surface area is 122 Å². The van der Waals surface area contributed by atoms with Gasteiger partial charge in [-0.2, -0.15) is 0 Å². The Morgan fingerprint density at radius 3 is 2.35 bits per heavy atom. The van der Waals surface area contributed by atoms with Gasteiger partial charge in [0.1, 0.15) is 6.54 Å². The van der Waals surface area contributed by atoms with Crippen molar-refractivity contribution in [3.8, 4) is 12.3 Å². The van der Waals surface area contributed by atoms with Gasteiger partial charge >= 0.3 is 0 Å². The third-order valence-corrected chi connectivity index (χ3v) is 3.80. The molecule has 1 aliphatic rings. The smallest absolute Gasteiger partial charge is 0.195 e. The molecule has 0 atom stereocenters. The van der Waals surface area contributed by atoms with Crippen molar-refractivity contribution in [1.82, 2.24) is 10.2 Å². The van der Waals surface area contributed by atoms with Crippen molar-refractivity contribution in [3.63, 3.8) is 0 Å². The molecular formula is C13H24IN3. The summed E-state index contributed by atoms with van der Waals surface area (Å²) in [6, 6.07) is 0. The number of likely N-dealkylation sites (tertiary alicyclic amines) is 1. The van der Waals surface area contributed by atoms with Gasteiger partial charge in [-0.05, 0) is 20.8 Å². The highest BCUT2D eigenvalue weighted by Crippen LogP contribution is 2.46. The van der Waals surface area contributed by atoms with Crippen LogP contribution in [-0.2, 0) is 0 Å². The molecule has 0 bridgehead atoms. The molecule has 17 heavy (non-hydrogen) atoms. The summed E-state index contributed by atoms with van der Waals surface area (Å²) in [6.45, 7) is 13.5. The molecule has 1 heterocycles. The van der Waals surface area contributed by atoms with Gasteiger partial charge in [-0.15, -0.1) is 30.4 Å². The zero-order valence-corrected chi connectivity index (χ0v) is 13.8. The second kappa shape index (κ2) is 5.94. The minimum absolute atomic E-state index is 0. The lowest BCUT2D eigenvalue weighted by Gasteiger charge is -2.62. The molecule has 1 rings (SSSR count). The molecule has 1 N–H and O–H groups in total. The van der Waals surface area contributed by atoms with Crippen molar-refractivity contribution in [3.05, 3.63) is 0 Å². The second-order valence-corrected chi connectivity index (χ2v) is 5.40. The quantitative estimate of drug-likeness (QED) is 0.359. The zero-order valence-electron chi connectivity index (χ0n) is 11.5. The molecular weight excluding hydrogens is 325 g/mol. The fraction of sp³-hybridized carbons (Fsp3) is 0.769. The Morgan fingerprint density at radius 2 is 2.00 bits per heavy atom. The van der Waals surface area contributed by atoms with Gasteiger partial charge in [0.05, 0.1) is 0 Å². The maximum Gasteiger partial charge on any atom is 0.195 e. The molecule has 0 amide bonds. The number of aliphatic imine (C=N–C) groups is 1. The van der Waals surface area contributed by atoms with Crippen LogP contribution in [0.25, 0.3) is 0 Å². The van der Waals surface area contributed by atoms with E-state index in [1.54, 1.807) is 0 Å². The summed E-state index contributed by atoms with van der Waals surface area (Å²) in [7, 11) is 0.